The van der Waals surface area contributed by atoms with Crippen molar-refractivity contribution in [3.05, 3.63) is 28.2 Å². The molecule has 0 amide bonds. The molecule has 0 aromatic heterocycles. The predicted octanol–water partition coefficient (Wildman–Crippen LogP) is 1.28. The number of benzene rings is 1. The van der Waals surface area contributed by atoms with Gasteiger partial charge in [-0.25, -0.2) is 0 Å². The number of phenols is 1. The van der Waals surface area contributed by atoms with E-state index in [1.54, 1.807) is 12.1 Å². The molecule has 76 valence electrons. The summed E-state index contributed by atoms with van der Waals surface area (Å²) in [6.07, 6.45) is 0. The van der Waals surface area contributed by atoms with Crippen LogP contribution < -0.4 is 5.73 Å². The summed E-state index contributed by atoms with van der Waals surface area (Å²) in [5, 5.41) is 18.3. The lowest BCUT2D eigenvalue weighted by Crippen LogP contribution is -2.21. The number of halogens is 1. The van der Waals surface area contributed by atoms with Gasteiger partial charge in [-0.2, -0.15) is 0 Å². The molecule has 1 aromatic rings. The number of carbonyl (C=O) groups is 1. The molecule has 0 aliphatic heterocycles. The summed E-state index contributed by atoms with van der Waals surface area (Å²) in [5.74, 6) is -1.96. The first kappa shape index (κ1) is 11.0. The van der Waals surface area contributed by atoms with Crippen molar-refractivity contribution in [2.75, 3.05) is 6.54 Å². The molecule has 1 rings (SSSR count). The van der Waals surface area contributed by atoms with E-state index in [1.165, 1.54) is 6.07 Å². The minimum absolute atomic E-state index is 0.0423. The van der Waals surface area contributed by atoms with Crippen molar-refractivity contribution in [2.24, 2.45) is 5.73 Å². The van der Waals surface area contributed by atoms with E-state index in [0.717, 1.165) is 0 Å². The van der Waals surface area contributed by atoms with Crippen LogP contribution in [-0.2, 0) is 4.79 Å². The van der Waals surface area contributed by atoms with E-state index in [2.05, 4.69) is 15.9 Å². The Morgan fingerprint density at radius 2 is 2.21 bits per heavy atom. The van der Waals surface area contributed by atoms with Crippen molar-refractivity contribution >= 4 is 21.9 Å². The summed E-state index contributed by atoms with van der Waals surface area (Å²) in [4.78, 5) is 10.8. The molecule has 0 saturated carbocycles. The van der Waals surface area contributed by atoms with E-state index in [4.69, 9.17) is 10.8 Å². The zero-order chi connectivity index (χ0) is 10.7. The molecule has 0 spiro atoms. The van der Waals surface area contributed by atoms with Gasteiger partial charge in [0, 0.05) is 16.6 Å². The second-order valence-electron chi connectivity index (χ2n) is 2.83. The largest absolute Gasteiger partial charge is 0.508 e. The highest BCUT2D eigenvalue weighted by Crippen LogP contribution is 2.28. The molecule has 1 atom stereocenters. The monoisotopic (exact) mass is 259 g/mol. The summed E-state index contributed by atoms with van der Waals surface area (Å²) in [6, 6.07) is 4.63. The summed E-state index contributed by atoms with van der Waals surface area (Å²) in [6.45, 7) is -0.0423. The molecular formula is C9H10BrNO3. The van der Waals surface area contributed by atoms with Crippen molar-refractivity contribution < 1.29 is 15.0 Å². The van der Waals surface area contributed by atoms with Gasteiger partial charge in [-0.3, -0.25) is 4.79 Å². The smallest absolute Gasteiger partial charge is 0.312 e. The average molecular weight is 260 g/mol. The van der Waals surface area contributed by atoms with Gasteiger partial charge in [0.25, 0.3) is 0 Å². The minimum Gasteiger partial charge on any atom is -0.508 e. The number of carboxylic acid groups (broad SMARTS) is 1. The maximum Gasteiger partial charge on any atom is 0.312 e. The van der Waals surface area contributed by atoms with E-state index in [1.807, 2.05) is 0 Å². The Labute approximate surface area is 89.5 Å². The number of hydrogen-bond acceptors (Lipinski definition) is 3. The molecule has 0 fully saturated rings. The lowest BCUT2D eigenvalue weighted by molar-refractivity contribution is -0.138. The maximum atomic E-state index is 10.8. The first-order valence-electron chi connectivity index (χ1n) is 3.97. The Morgan fingerprint density at radius 1 is 1.57 bits per heavy atom. The number of nitrogens with two attached hydrogens (primary N) is 1. The number of aromatic hydroxyl groups is 1. The topological polar surface area (TPSA) is 83.6 Å². The molecule has 1 aromatic carbocycles. The van der Waals surface area contributed by atoms with Crippen molar-refractivity contribution in [2.45, 2.75) is 5.92 Å². The Balaban J connectivity index is 3.15. The zero-order valence-electron chi connectivity index (χ0n) is 7.27. The Bertz CT molecular complexity index is 354. The molecule has 5 heteroatoms. The van der Waals surface area contributed by atoms with E-state index in [9.17, 15) is 9.90 Å². The number of carboxylic acids is 1. The van der Waals surface area contributed by atoms with Gasteiger partial charge in [-0.05, 0) is 18.2 Å². The van der Waals surface area contributed by atoms with Gasteiger partial charge in [-0.1, -0.05) is 15.9 Å². The first-order valence-corrected chi connectivity index (χ1v) is 4.77. The molecule has 0 aliphatic carbocycles. The van der Waals surface area contributed by atoms with Crippen molar-refractivity contribution in [1.82, 2.24) is 0 Å². The maximum absolute atomic E-state index is 10.8. The summed E-state index contributed by atoms with van der Waals surface area (Å²) < 4.78 is 0.713. The van der Waals surface area contributed by atoms with Crippen molar-refractivity contribution in [3.63, 3.8) is 0 Å². The molecule has 0 aliphatic rings. The summed E-state index contributed by atoms with van der Waals surface area (Å²) in [7, 11) is 0. The highest BCUT2D eigenvalue weighted by atomic mass is 79.9. The normalized spacial score (nSPS) is 12.4. The molecule has 4 nitrogen and oxygen atoms in total. The fourth-order valence-corrected chi connectivity index (χ4v) is 1.54. The van der Waals surface area contributed by atoms with Crippen LogP contribution in [0.3, 0.4) is 0 Å². The van der Waals surface area contributed by atoms with Gasteiger partial charge < -0.3 is 15.9 Å². The van der Waals surface area contributed by atoms with Crippen LogP contribution in [0.2, 0.25) is 0 Å². The Morgan fingerprint density at radius 3 is 2.71 bits per heavy atom. The van der Waals surface area contributed by atoms with Gasteiger partial charge in [0.05, 0.1) is 5.92 Å². The van der Waals surface area contributed by atoms with Crippen LogP contribution in [0, 0.1) is 0 Å². The number of aliphatic carboxylic acids is 1. The third-order valence-corrected chi connectivity index (χ3v) is 2.39. The number of phenolic OH excluding ortho intramolecular Hbond substituents is 1. The second-order valence-corrected chi connectivity index (χ2v) is 3.75. The molecule has 4 N–H and O–H groups in total. The standard InChI is InChI=1S/C9H10BrNO3/c10-5-1-2-8(12)6(3-5)7(4-11)9(13)14/h1-3,7,12H,4,11H2,(H,13,14). The average Bonchev–Trinajstić information content (AvgIpc) is 2.11. The quantitative estimate of drug-likeness (QED) is 0.764. The van der Waals surface area contributed by atoms with Crippen molar-refractivity contribution in [3.8, 4) is 5.75 Å². The molecule has 14 heavy (non-hydrogen) atoms. The fourth-order valence-electron chi connectivity index (χ4n) is 1.17. The lowest BCUT2D eigenvalue weighted by Gasteiger charge is -2.11. The van der Waals surface area contributed by atoms with Crippen LogP contribution >= 0.6 is 15.9 Å². The van der Waals surface area contributed by atoms with Gasteiger partial charge in [0.1, 0.15) is 5.75 Å². The van der Waals surface area contributed by atoms with Crippen LogP contribution in [0.4, 0.5) is 0 Å². The van der Waals surface area contributed by atoms with Gasteiger partial charge in [0.15, 0.2) is 0 Å². The molecule has 0 radical (unpaired) electrons. The third-order valence-electron chi connectivity index (χ3n) is 1.90. The fraction of sp³-hybridized carbons (Fsp3) is 0.222. The highest BCUT2D eigenvalue weighted by Gasteiger charge is 2.21. The Kier molecular flexibility index (Phi) is 3.49. The summed E-state index contributed by atoms with van der Waals surface area (Å²) >= 11 is 3.20. The molecule has 0 heterocycles. The third kappa shape index (κ3) is 2.24. The second kappa shape index (κ2) is 4.43. The van der Waals surface area contributed by atoms with Crippen LogP contribution in [0.1, 0.15) is 11.5 Å². The van der Waals surface area contributed by atoms with E-state index < -0.39 is 11.9 Å². The first-order chi connectivity index (χ1) is 6.56. The molecular weight excluding hydrogens is 250 g/mol. The van der Waals surface area contributed by atoms with Gasteiger partial charge >= 0.3 is 5.97 Å². The van der Waals surface area contributed by atoms with Gasteiger partial charge in [-0.15, -0.1) is 0 Å². The predicted molar refractivity (Wildman–Crippen MR) is 55.2 cm³/mol. The lowest BCUT2D eigenvalue weighted by atomic mass is 9.99. The molecule has 0 saturated heterocycles. The van der Waals surface area contributed by atoms with Crippen LogP contribution in [0.25, 0.3) is 0 Å². The van der Waals surface area contributed by atoms with E-state index >= 15 is 0 Å². The van der Waals surface area contributed by atoms with Crippen LogP contribution in [0.15, 0.2) is 22.7 Å². The number of rotatable bonds is 3. The van der Waals surface area contributed by atoms with Crippen LogP contribution in [-0.4, -0.2) is 22.7 Å². The van der Waals surface area contributed by atoms with Crippen molar-refractivity contribution in [1.29, 1.82) is 0 Å². The van der Waals surface area contributed by atoms with E-state index in [-0.39, 0.29) is 12.3 Å². The Hall–Kier alpha value is -1.07. The van der Waals surface area contributed by atoms with Gasteiger partial charge in [0.2, 0.25) is 0 Å². The molecule has 0 bridgehead atoms. The minimum atomic E-state index is -1.04. The SMILES string of the molecule is NCC(C(=O)O)c1cc(Br)ccc1O. The van der Waals surface area contributed by atoms with Crippen LogP contribution in [0.5, 0.6) is 5.75 Å². The van der Waals surface area contributed by atoms with E-state index in [0.29, 0.717) is 10.0 Å². The highest BCUT2D eigenvalue weighted by molar-refractivity contribution is 9.10. The number of hydrogen-bond donors (Lipinski definition) is 3. The molecule has 1 unspecified atom stereocenters. The zero-order valence-corrected chi connectivity index (χ0v) is 8.86. The summed E-state index contributed by atoms with van der Waals surface area (Å²) in [5.41, 5.74) is 5.65.